The Bertz CT molecular complexity index is 1000. The maximum Gasteiger partial charge on any atom is 0.277 e. The van der Waals surface area contributed by atoms with Crippen LogP contribution in [0.25, 0.3) is 15.5 Å². The standard InChI is InChI=1S/C24H35N3O3S2/c1-16-25-18(22(28)27(16)7)13-17-14-19-20(31-17)15-21(32-19)26(6)11-9-24(4,5)30-12-10-23(2,3)29-8/h13-15H,9-12H2,1-8H3/b18-13-. The maximum absolute atomic E-state index is 12.2. The molecule has 6 nitrogen and oxygen atoms in total. The third kappa shape index (κ3) is 5.98. The van der Waals surface area contributed by atoms with E-state index >= 15 is 0 Å². The normalized spacial score (nSPS) is 16.5. The molecule has 0 spiro atoms. The Balaban J connectivity index is 1.58. The predicted octanol–water partition coefficient (Wildman–Crippen LogP) is 5.63. The van der Waals surface area contributed by atoms with Crippen molar-refractivity contribution in [1.82, 2.24) is 4.90 Å². The highest BCUT2D eigenvalue weighted by Gasteiger charge is 2.25. The zero-order valence-electron chi connectivity index (χ0n) is 20.4. The van der Waals surface area contributed by atoms with Crippen LogP contribution in [0.3, 0.4) is 0 Å². The molecule has 0 N–H and O–H groups in total. The van der Waals surface area contributed by atoms with E-state index in [0.717, 1.165) is 30.1 Å². The predicted molar refractivity (Wildman–Crippen MR) is 137 cm³/mol. The van der Waals surface area contributed by atoms with E-state index in [0.29, 0.717) is 12.3 Å². The number of amides is 1. The van der Waals surface area contributed by atoms with Gasteiger partial charge in [0.25, 0.3) is 5.91 Å². The van der Waals surface area contributed by atoms with Crippen molar-refractivity contribution in [1.29, 1.82) is 0 Å². The molecular weight excluding hydrogens is 442 g/mol. The number of thiophene rings is 2. The molecule has 0 saturated carbocycles. The van der Waals surface area contributed by atoms with Gasteiger partial charge in [-0.15, -0.1) is 22.7 Å². The van der Waals surface area contributed by atoms with Crippen LogP contribution in [0.1, 0.15) is 52.3 Å². The Morgan fingerprint density at radius 2 is 1.81 bits per heavy atom. The largest absolute Gasteiger partial charge is 0.379 e. The van der Waals surface area contributed by atoms with Crippen LogP contribution >= 0.6 is 22.7 Å². The third-order valence-electron chi connectivity index (χ3n) is 5.96. The van der Waals surface area contributed by atoms with Gasteiger partial charge in [0.2, 0.25) is 0 Å². The van der Waals surface area contributed by atoms with E-state index in [1.807, 2.05) is 13.0 Å². The van der Waals surface area contributed by atoms with Gasteiger partial charge in [-0.3, -0.25) is 9.69 Å². The first-order chi connectivity index (χ1) is 14.9. The lowest BCUT2D eigenvalue weighted by atomic mass is 10.0. The van der Waals surface area contributed by atoms with E-state index in [9.17, 15) is 4.79 Å². The zero-order chi connectivity index (χ0) is 23.7. The number of nitrogens with zero attached hydrogens (tertiary/aromatic N) is 3. The summed E-state index contributed by atoms with van der Waals surface area (Å²) in [6, 6.07) is 4.38. The number of ether oxygens (including phenoxy) is 2. The molecule has 0 aliphatic carbocycles. The Morgan fingerprint density at radius 1 is 1.12 bits per heavy atom. The second-order valence-corrected chi connectivity index (χ2v) is 11.7. The summed E-state index contributed by atoms with van der Waals surface area (Å²) in [5.74, 6) is 0.688. The maximum atomic E-state index is 12.2. The Kier molecular flexibility index (Phi) is 7.49. The number of carbonyl (C=O) groups is 1. The number of methoxy groups -OCH3 is 1. The van der Waals surface area contributed by atoms with Crippen molar-refractivity contribution in [2.24, 2.45) is 4.99 Å². The summed E-state index contributed by atoms with van der Waals surface area (Å²) in [6.07, 6.45) is 3.70. The molecule has 176 valence electrons. The van der Waals surface area contributed by atoms with Crippen molar-refractivity contribution >= 4 is 54.9 Å². The van der Waals surface area contributed by atoms with Gasteiger partial charge in [0.1, 0.15) is 11.5 Å². The summed E-state index contributed by atoms with van der Waals surface area (Å²) in [7, 11) is 5.63. The lowest BCUT2D eigenvalue weighted by molar-refractivity contribution is -0.121. The second-order valence-electron chi connectivity index (χ2n) is 9.51. The smallest absolute Gasteiger partial charge is 0.277 e. The van der Waals surface area contributed by atoms with Crippen LogP contribution in [-0.2, 0) is 14.3 Å². The highest BCUT2D eigenvalue weighted by molar-refractivity contribution is 7.30. The quantitative estimate of drug-likeness (QED) is 0.416. The molecule has 0 saturated heterocycles. The van der Waals surface area contributed by atoms with Gasteiger partial charge in [0, 0.05) is 42.0 Å². The van der Waals surface area contributed by atoms with Crippen molar-refractivity contribution in [3.05, 3.63) is 22.7 Å². The molecule has 3 heterocycles. The number of rotatable bonds is 10. The molecule has 0 aromatic carbocycles. The number of likely N-dealkylation sites (N-methyl/N-ethyl adjacent to an activating group) is 1. The van der Waals surface area contributed by atoms with Crippen LogP contribution in [0.4, 0.5) is 5.00 Å². The molecule has 0 unspecified atom stereocenters. The zero-order valence-corrected chi connectivity index (χ0v) is 22.1. The molecule has 1 aliphatic heterocycles. The lowest BCUT2D eigenvalue weighted by Crippen LogP contribution is -2.33. The summed E-state index contributed by atoms with van der Waals surface area (Å²) in [4.78, 5) is 21.5. The molecule has 8 heteroatoms. The number of carbonyl (C=O) groups excluding carboxylic acids is 1. The molecule has 2 aromatic rings. The van der Waals surface area contributed by atoms with E-state index in [-0.39, 0.29) is 17.1 Å². The number of amidine groups is 1. The summed E-state index contributed by atoms with van der Waals surface area (Å²) < 4.78 is 14.1. The van der Waals surface area contributed by atoms with E-state index < -0.39 is 0 Å². The van der Waals surface area contributed by atoms with E-state index in [2.05, 4.69) is 56.8 Å². The summed E-state index contributed by atoms with van der Waals surface area (Å²) >= 11 is 3.48. The molecule has 0 bridgehead atoms. The molecule has 32 heavy (non-hydrogen) atoms. The summed E-state index contributed by atoms with van der Waals surface area (Å²) in [6.45, 7) is 11.9. The molecular formula is C24H35N3O3S2. The van der Waals surface area contributed by atoms with Crippen LogP contribution in [0, 0.1) is 0 Å². The molecule has 0 fully saturated rings. The first-order valence-corrected chi connectivity index (χ1v) is 12.5. The van der Waals surface area contributed by atoms with Gasteiger partial charge in [0.15, 0.2) is 0 Å². The van der Waals surface area contributed by atoms with Crippen LogP contribution in [-0.4, -0.2) is 62.2 Å². The van der Waals surface area contributed by atoms with Crippen LogP contribution < -0.4 is 4.90 Å². The lowest BCUT2D eigenvalue weighted by Gasteiger charge is -2.30. The molecule has 2 aromatic heterocycles. The minimum absolute atomic E-state index is 0.0460. The molecule has 1 amide bonds. The van der Waals surface area contributed by atoms with Gasteiger partial charge >= 0.3 is 0 Å². The first kappa shape index (κ1) is 24.9. The van der Waals surface area contributed by atoms with E-state index in [4.69, 9.17) is 9.47 Å². The molecule has 0 atom stereocenters. The van der Waals surface area contributed by atoms with Gasteiger partial charge in [-0.1, -0.05) is 0 Å². The average Bonchev–Trinajstić information content (AvgIpc) is 3.35. The third-order valence-corrected chi connectivity index (χ3v) is 8.31. The number of fused-ring (bicyclic) bond motifs is 1. The fourth-order valence-electron chi connectivity index (χ4n) is 3.24. The minimum Gasteiger partial charge on any atom is -0.379 e. The number of hydrogen-bond donors (Lipinski definition) is 0. The van der Waals surface area contributed by atoms with Crippen molar-refractivity contribution in [3.8, 4) is 0 Å². The van der Waals surface area contributed by atoms with Crippen LogP contribution in [0.2, 0.25) is 0 Å². The molecule has 3 rings (SSSR count). The van der Waals surface area contributed by atoms with Crippen molar-refractivity contribution in [3.63, 3.8) is 0 Å². The fourth-order valence-corrected chi connectivity index (χ4v) is 5.57. The molecule has 1 aliphatic rings. The van der Waals surface area contributed by atoms with Gasteiger partial charge in [-0.2, -0.15) is 0 Å². The Labute approximate surface area is 199 Å². The second kappa shape index (κ2) is 9.63. The van der Waals surface area contributed by atoms with E-state index in [1.54, 1.807) is 41.7 Å². The van der Waals surface area contributed by atoms with Crippen molar-refractivity contribution in [2.45, 2.75) is 58.7 Å². The van der Waals surface area contributed by atoms with E-state index in [1.165, 1.54) is 14.4 Å². The monoisotopic (exact) mass is 477 g/mol. The van der Waals surface area contributed by atoms with Crippen molar-refractivity contribution < 1.29 is 14.3 Å². The fraction of sp³-hybridized carbons (Fsp3) is 0.583. The summed E-state index contributed by atoms with van der Waals surface area (Å²) in [5.41, 5.74) is 0.162. The Morgan fingerprint density at radius 3 is 2.41 bits per heavy atom. The van der Waals surface area contributed by atoms with Gasteiger partial charge in [0.05, 0.1) is 22.8 Å². The number of anilines is 1. The minimum atomic E-state index is -0.189. The van der Waals surface area contributed by atoms with Crippen LogP contribution in [0.5, 0.6) is 0 Å². The number of aliphatic imine (C=N–C) groups is 1. The average molecular weight is 478 g/mol. The highest BCUT2D eigenvalue weighted by atomic mass is 32.1. The number of hydrogen-bond acceptors (Lipinski definition) is 7. The van der Waals surface area contributed by atoms with Gasteiger partial charge < -0.3 is 14.4 Å². The SMILES string of the molecule is COC(C)(C)CCOC(C)(C)CCN(C)c1cc2sc(/C=C3\N=C(C)N(C)C3=O)cc2s1. The Hall–Kier alpha value is -1.74. The van der Waals surface area contributed by atoms with Crippen molar-refractivity contribution in [2.75, 3.05) is 39.3 Å². The van der Waals surface area contributed by atoms with Gasteiger partial charge in [-0.25, -0.2) is 4.99 Å². The highest BCUT2D eigenvalue weighted by Crippen LogP contribution is 2.39. The summed E-state index contributed by atoms with van der Waals surface area (Å²) in [5, 5.41) is 1.24. The van der Waals surface area contributed by atoms with Crippen LogP contribution in [0.15, 0.2) is 22.8 Å². The van der Waals surface area contributed by atoms with Gasteiger partial charge in [-0.05, 0) is 65.7 Å². The topological polar surface area (TPSA) is 54.4 Å². The first-order valence-electron chi connectivity index (χ1n) is 10.9. The molecule has 0 radical (unpaired) electrons.